The highest BCUT2D eigenvalue weighted by atomic mass is 35.5. The Morgan fingerprint density at radius 2 is 1.93 bits per heavy atom. The predicted molar refractivity (Wildman–Crippen MR) is 119 cm³/mol. The number of thiazole rings is 1. The number of nitrogens with zero attached hydrogens (tertiary/aromatic N) is 3. The van der Waals surface area contributed by atoms with Crippen LogP contribution in [0.2, 0.25) is 5.02 Å². The lowest BCUT2D eigenvalue weighted by atomic mass is 10.1. The van der Waals surface area contributed by atoms with Gasteiger partial charge in [-0.05, 0) is 24.1 Å². The van der Waals surface area contributed by atoms with Gasteiger partial charge in [0.25, 0.3) is 0 Å². The summed E-state index contributed by atoms with van der Waals surface area (Å²) in [4.78, 5) is 21.3. The van der Waals surface area contributed by atoms with Crippen LogP contribution in [-0.2, 0) is 6.42 Å². The third-order valence-corrected chi connectivity index (χ3v) is 6.61. The zero-order valence-corrected chi connectivity index (χ0v) is 17.8. The molecule has 152 valence electrons. The molecule has 1 aliphatic rings. The number of methoxy groups -OCH3 is 1. The van der Waals surface area contributed by atoms with Gasteiger partial charge < -0.3 is 19.9 Å². The number of ether oxygens (including phenoxy) is 1. The Bertz CT molecular complexity index is 987. The number of rotatable bonds is 5. The van der Waals surface area contributed by atoms with E-state index < -0.39 is 0 Å². The Kier molecular flexibility index (Phi) is 6.06. The summed E-state index contributed by atoms with van der Waals surface area (Å²) >= 11 is 7.90. The van der Waals surface area contributed by atoms with E-state index in [4.69, 9.17) is 21.3 Å². The van der Waals surface area contributed by atoms with Crippen molar-refractivity contribution in [1.82, 2.24) is 15.2 Å². The first kappa shape index (κ1) is 19.8. The molecule has 1 aliphatic heterocycles. The van der Waals surface area contributed by atoms with Gasteiger partial charge in [0.15, 0.2) is 5.13 Å². The number of aromatic nitrogens is 1. The highest BCUT2D eigenvalue weighted by Gasteiger charge is 2.24. The smallest absolute Gasteiger partial charge is 0.317 e. The van der Waals surface area contributed by atoms with Crippen molar-refractivity contribution in [2.24, 2.45) is 0 Å². The lowest BCUT2D eigenvalue weighted by Crippen LogP contribution is -2.52. The number of fused-ring (bicyclic) bond motifs is 1. The standard InChI is InChI=1S/C21H23ClN4O2S/c1-28-17-8-7-16(22)19-18(17)24-21(29-19)26-13-11-25(12-14-26)20(27)23-10-9-15-5-3-2-4-6-15/h2-8H,9-14H2,1H3,(H,23,27). The van der Waals surface area contributed by atoms with Crippen LogP contribution in [0.25, 0.3) is 10.2 Å². The van der Waals surface area contributed by atoms with Gasteiger partial charge in [0.05, 0.1) is 16.8 Å². The molecule has 0 saturated carbocycles. The fourth-order valence-corrected chi connectivity index (χ4v) is 4.72. The van der Waals surface area contributed by atoms with Crippen LogP contribution in [-0.4, -0.2) is 55.7 Å². The molecule has 3 aromatic rings. The van der Waals surface area contributed by atoms with E-state index in [0.29, 0.717) is 24.7 Å². The fourth-order valence-electron chi connectivity index (χ4n) is 3.41. The first-order valence-corrected chi connectivity index (χ1v) is 10.8. The maximum Gasteiger partial charge on any atom is 0.317 e. The molecule has 0 unspecified atom stereocenters. The Morgan fingerprint density at radius 3 is 2.66 bits per heavy atom. The molecule has 0 spiro atoms. The quantitative estimate of drug-likeness (QED) is 0.663. The summed E-state index contributed by atoms with van der Waals surface area (Å²) in [7, 11) is 1.64. The highest BCUT2D eigenvalue weighted by molar-refractivity contribution is 7.22. The van der Waals surface area contributed by atoms with Crippen molar-refractivity contribution in [3.05, 3.63) is 53.1 Å². The summed E-state index contributed by atoms with van der Waals surface area (Å²) in [6.45, 7) is 3.45. The van der Waals surface area contributed by atoms with Crippen LogP contribution < -0.4 is 15.0 Å². The first-order valence-electron chi connectivity index (χ1n) is 9.60. The molecule has 8 heteroatoms. The molecule has 1 aromatic heterocycles. The lowest BCUT2D eigenvalue weighted by Gasteiger charge is -2.34. The Balaban J connectivity index is 1.33. The second-order valence-electron chi connectivity index (χ2n) is 6.87. The second-order valence-corrected chi connectivity index (χ2v) is 8.25. The molecule has 1 saturated heterocycles. The molecule has 2 amide bonds. The van der Waals surface area contributed by atoms with Gasteiger partial charge in [0, 0.05) is 32.7 Å². The molecular formula is C21H23ClN4O2S. The molecule has 2 heterocycles. The number of carbonyl (C=O) groups is 1. The van der Waals surface area contributed by atoms with Crippen molar-refractivity contribution in [3.8, 4) is 5.75 Å². The summed E-state index contributed by atoms with van der Waals surface area (Å²) in [5.41, 5.74) is 2.02. The minimum atomic E-state index is -0.00500. The summed E-state index contributed by atoms with van der Waals surface area (Å²) in [5, 5.41) is 4.61. The maximum absolute atomic E-state index is 12.4. The molecule has 1 N–H and O–H groups in total. The lowest BCUT2D eigenvalue weighted by molar-refractivity contribution is 0.194. The Hall–Kier alpha value is -2.51. The number of benzene rings is 2. The number of hydrogen-bond donors (Lipinski definition) is 1. The summed E-state index contributed by atoms with van der Waals surface area (Å²) in [6, 6.07) is 13.8. The monoisotopic (exact) mass is 430 g/mol. The number of nitrogens with one attached hydrogen (secondary N) is 1. The Morgan fingerprint density at radius 1 is 1.17 bits per heavy atom. The zero-order valence-electron chi connectivity index (χ0n) is 16.2. The SMILES string of the molecule is COc1ccc(Cl)c2sc(N3CCN(C(=O)NCCc4ccccc4)CC3)nc12. The van der Waals surface area contributed by atoms with Crippen LogP contribution in [0, 0.1) is 0 Å². The highest BCUT2D eigenvalue weighted by Crippen LogP contribution is 2.38. The van der Waals surface area contributed by atoms with Crippen LogP contribution in [0.15, 0.2) is 42.5 Å². The van der Waals surface area contributed by atoms with Gasteiger partial charge in [0.1, 0.15) is 11.3 Å². The predicted octanol–water partition coefficient (Wildman–Crippen LogP) is 4.03. The van der Waals surface area contributed by atoms with Gasteiger partial charge in [0.2, 0.25) is 0 Å². The Labute approximate surface area is 179 Å². The van der Waals surface area contributed by atoms with Crippen LogP contribution in [0.5, 0.6) is 5.75 Å². The van der Waals surface area contributed by atoms with E-state index in [1.807, 2.05) is 35.2 Å². The molecule has 2 aromatic carbocycles. The average Bonchev–Trinajstić information content (AvgIpc) is 3.21. The fraction of sp³-hybridized carbons (Fsp3) is 0.333. The van der Waals surface area contributed by atoms with Gasteiger partial charge >= 0.3 is 6.03 Å². The van der Waals surface area contributed by atoms with Gasteiger partial charge in [-0.15, -0.1) is 0 Å². The topological polar surface area (TPSA) is 57.7 Å². The van der Waals surface area contributed by atoms with E-state index in [0.717, 1.165) is 40.6 Å². The molecule has 0 radical (unpaired) electrons. The number of piperazine rings is 1. The van der Waals surface area contributed by atoms with Crippen molar-refractivity contribution >= 4 is 44.3 Å². The van der Waals surface area contributed by atoms with Crippen molar-refractivity contribution in [2.75, 3.05) is 44.7 Å². The number of halogens is 1. The largest absolute Gasteiger partial charge is 0.494 e. The van der Waals surface area contributed by atoms with E-state index in [1.54, 1.807) is 18.4 Å². The van der Waals surface area contributed by atoms with Crippen molar-refractivity contribution in [3.63, 3.8) is 0 Å². The van der Waals surface area contributed by atoms with E-state index in [1.165, 1.54) is 5.56 Å². The van der Waals surface area contributed by atoms with Gasteiger partial charge in [-0.3, -0.25) is 0 Å². The molecular weight excluding hydrogens is 408 g/mol. The second kappa shape index (κ2) is 8.88. The molecule has 0 aliphatic carbocycles. The maximum atomic E-state index is 12.4. The normalized spacial score (nSPS) is 14.3. The van der Waals surface area contributed by atoms with Gasteiger partial charge in [-0.1, -0.05) is 53.3 Å². The van der Waals surface area contributed by atoms with Crippen molar-refractivity contribution < 1.29 is 9.53 Å². The minimum Gasteiger partial charge on any atom is -0.494 e. The average molecular weight is 431 g/mol. The first-order chi connectivity index (χ1) is 14.2. The van der Waals surface area contributed by atoms with Gasteiger partial charge in [-0.25, -0.2) is 9.78 Å². The third-order valence-electron chi connectivity index (χ3n) is 5.04. The number of anilines is 1. The van der Waals surface area contributed by atoms with Crippen LogP contribution >= 0.6 is 22.9 Å². The zero-order chi connectivity index (χ0) is 20.2. The molecule has 29 heavy (non-hydrogen) atoms. The number of urea groups is 1. The molecule has 0 atom stereocenters. The van der Waals surface area contributed by atoms with E-state index in [-0.39, 0.29) is 6.03 Å². The summed E-state index contributed by atoms with van der Waals surface area (Å²) in [5.74, 6) is 0.725. The number of hydrogen-bond acceptors (Lipinski definition) is 5. The van der Waals surface area contributed by atoms with Crippen LogP contribution in [0.1, 0.15) is 5.56 Å². The number of carbonyl (C=O) groups excluding carboxylic acids is 1. The molecule has 6 nitrogen and oxygen atoms in total. The molecule has 1 fully saturated rings. The minimum absolute atomic E-state index is 0.00500. The van der Waals surface area contributed by atoms with Crippen LogP contribution in [0.4, 0.5) is 9.93 Å². The number of amides is 2. The van der Waals surface area contributed by atoms with E-state index >= 15 is 0 Å². The van der Waals surface area contributed by atoms with E-state index in [9.17, 15) is 4.79 Å². The third kappa shape index (κ3) is 4.41. The van der Waals surface area contributed by atoms with Crippen molar-refractivity contribution in [1.29, 1.82) is 0 Å². The summed E-state index contributed by atoms with van der Waals surface area (Å²) < 4.78 is 6.34. The van der Waals surface area contributed by atoms with Gasteiger partial charge in [-0.2, -0.15) is 0 Å². The van der Waals surface area contributed by atoms with E-state index in [2.05, 4.69) is 22.3 Å². The molecule has 4 rings (SSSR count). The van der Waals surface area contributed by atoms with Crippen LogP contribution in [0.3, 0.4) is 0 Å². The summed E-state index contributed by atoms with van der Waals surface area (Å²) in [6.07, 6.45) is 0.834. The molecule has 0 bridgehead atoms. The van der Waals surface area contributed by atoms with Crippen molar-refractivity contribution in [2.45, 2.75) is 6.42 Å².